The highest BCUT2D eigenvalue weighted by Crippen LogP contribution is 1.89. The van der Waals surface area contributed by atoms with Crippen molar-refractivity contribution in [2.24, 2.45) is 5.73 Å². The van der Waals surface area contributed by atoms with Gasteiger partial charge in [0.25, 0.3) is 0 Å². The van der Waals surface area contributed by atoms with E-state index in [9.17, 15) is 0 Å². The number of aryl methyl sites for hydroxylation is 1. The standard InChI is InChI=1S/C7H10N4.C2H6/c1-5-2-3-6(8)11(4-5)7(9)10;1-2/h2-4,8H,1H3,(H3,9,10);1-2H3. The van der Waals surface area contributed by atoms with Crippen molar-refractivity contribution in [3.63, 3.8) is 0 Å². The second-order valence-corrected chi connectivity index (χ2v) is 2.35. The lowest BCUT2D eigenvalue weighted by Gasteiger charge is -2.03. The van der Waals surface area contributed by atoms with Gasteiger partial charge < -0.3 is 5.73 Å². The molecule has 4 nitrogen and oxygen atoms in total. The monoisotopic (exact) mass is 180 g/mol. The molecule has 13 heavy (non-hydrogen) atoms. The van der Waals surface area contributed by atoms with Gasteiger partial charge in [-0.15, -0.1) is 0 Å². The number of nitrogen functional groups attached to an aromatic ring is 1. The summed E-state index contributed by atoms with van der Waals surface area (Å²) >= 11 is 0. The highest BCUT2D eigenvalue weighted by Gasteiger charge is 1.93. The number of nitrogens with two attached hydrogens (primary N) is 1. The summed E-state index contributed by atoms with van der Waals surface area (Å²) < 4.78 is 1.31. The average Bonchev–Trinajstić information content (AvgIpc) is 2.12. The van der Waals surface area contributed by atoms with Gasteiger partial charge in [-0.05, 0) is 18.6 Å². The van der Waals surface area contributed by atoms with E-state index in [4.69, 9.17) is 16.6 Å². The van der Waals surface area contributed by atoms with Crippen molar-refractivity contribution >= 4 is 5.96 Å². The maximum absolute atomic E-state index is 7.34. The second-order valence-electron chi connectivity index (χ2n) is 2.35. The minimum Gasteiger partial charge on any atom is -0.369 e. The first-order valence-electron chi connectivity index (χ1n) is 4.19. The zero-order chi connectivity index (χ0) is 10.4. The Hall–Kier alpha value is -1.58. The average molecular weight is 180 g/mol. The lowest BCUT2D eigenvalue weighted by atomic mass is 10.3. The van der Waals surface area contributed by atoms with E-state index >= 15 is 0 Å². The molecule has 1 aromatic heterocycles. The van der Waals surface area contributed by atoms with Crippen molar-refractivity contribution in [1.82, 2.24) is 4.57 Å². The first-order valence-corrected chi connectivity index (χ1v) is 4.19. The fraction of sp³-hybridized carbons (Fsp3) is 0.333. The van der Waals surface area contributed by atoms with E-state index in [1.807, 2.05) is 26.8 Å². The molecule has 0 amide bonds. The Morgan fingerprint density at radius 1 is 1.38 bits per heavy atom. The van der Waals surface area contributed by atoms with Crippen molar-refractivity contribution in [2.75, 3.05) is 0 Å². The minimum absolute atomic E-state index is 0.126. The number of hydrogen-bond donors (Lipinski definition) is 3. The summed E-state index contributed by atoms with van der Waals surface area (Å²) in [5.74, 6) is -0.126. The summed E-state index contributed by atoms with van der Waals surface area (Å²) in [5, 5.41) is 14.4. The Labute approximate surface area is 78.0 Å². The molecule has 0 bridgehead atoms. The molecule has 0 unspecified atom stereocenters. The Morgan fingerprint density at radius 2 is 1.92 bits per heavy atom. The van der Waals surface area contributed by atoms with Gasteiger partial charge in [-0.1, -0.05) is 19.9 Å². The van der Waals surface area contributed by atoms with Crippen LogP contribution in [-0.2, 0) is 0 Å². The first kappa shape index (κ1) is 11.4. The summed E-state index contributed by atoms with van der Waals surface area (Å²) in [4.78, 5) is 0. The Morgan fingerprint density at radius 3 is 2.31 bits per heavy atom. The van der Waals surface area contributed by atoms with E-state index in [1.165, 1.54) is 4.57 Å². The number of rotatable bonds is 0. The van der Waals surface area contributed by atoms with Crippen LogP contribution in [0.2, 0.25) is 0 Å². The SMILES string of the molecule is CC.Cc1ccc(=N)n(C(=N)N)c1. The third kappa shape index (κ3) is 3.11. The summed E-state index contributed by atoms with van der Waals surface area (Å²) in [6, 6.07) is 3.42. The lowest BCUT2D eigenvalue weighted by molar-refractivity contribution is 0.941. The predicted molar refractivity (Wildman–Crippen MR) is 53.7 cm³/mol. The summed E-state index contributed by atoms with van der Waals surface area (Å²) in [5.41, 5.74) is 6.42. The van der Waals surface area contributed by atoms with Crippen molar-refractivity contribution in [1.29, 1.82) is 10.8 Å². The third-order valence-corrected chi connectivity index (χ3v) is 1.36. The Kier molecular flexibility index (Phi) is 4.51. The lowest BCUT2D eigenvalue weighted by Crippen LogP contribution is -2.31. The van der Waals surface area contributed by atoms with E-state index in [0.29, 0.717) is 0 Å². The molecule has 0 aromatic carbocycles. The van der Waals surface area contributed by atoms with Gasteiger partial charge in [-0.25, -0.2) is 0 Å². The van der Waals surface area contributed by atoms with Gasteiger partial charge in [0.05, 0.1) is 0 Å². The molecule has 0 atom stereocenters. The van der Waals surface area contributed by atoms with Crippen LogP contribution in [0, 0.1) is 17.7 Å². The summed E-state index contributed by atoms with van der Waals surface area (Å²) in [6.45, 7) is 5.89. The molecule has 0 aliphatic heterocycles. The second kappa shape index (κ2) is 5.13. The molecule has 0 saturated carbocycles. The van der Waals surface area contributed by atoms with Crippen LogP contribution in [0.3, 0.4) is 0 Å². The van der Waals surface area contributed by atoms with Gasteiger partial charge in [0.1, 0.15) is 5.49 Å². The molecule has 0 spiro atoms. The number of aromatic nitrogens is 1. The first-order chi connectivity index (χ1) is 6.11. The zero-order valence-corrected chi connectivity index (χ0v) is 8.26. The van der Waals surface area contributed by atoms with Crippen molar-refractivity contribution in [2.45, 2.75) is 20.8 Å². The molecule has 4 N–H and O–H groups in total. The maximum atomic E-state index is 7.34. The predicted octanol–water partition coefficient (Wildman–Crippen LogP) is 1.04. The Balaban J connectivity index is 0.000000671. The van der Waals surface area contributed by atoms with Crippen LogP contribution in [-0.4, -0.2) is 10.5 Å². The largest absolute Gasteiger partial charge is 0.369 e. The molecular weight excluding hydrogens is 164 g/mol. The van der Waals surface area contributed by atoms with Gasteiger partial charge >= 0.3 is 0 Å². The van der Waals surface area contributed by atoms with E-state index in [0.717, 1.165) is 5.56 Å². The molecular formula is C9H16N4. The van der Waals surface area contributed by atoms with Crippen LogP contribution >= 0.6 is 0 Å². The van der Waals surface area contributed by atoms with Crippen LogP contribution in [0.25, 0.3) is 0 Å². The molecule has 0 radical (unpaired) electrons. The van der Waals surface area contributed by atoms with E-state index in [1.54, 1.807) is 12.3 Å². The fourth-order valence-corrected chi connectivity index (χ4v) is 0.806. The highest BCUT2D eigenvalue weighted by atomic mass is 15.1. The van der Waals surface area contributed by atoms with E-state index in [2.05, 4.69) is 0 Å². The normalized spacial score (nSPS) is 8.54. The third-order valence-electron chi connectivity index (χ3n) is 1.36. The number of hydrogen-bond acceptors (Lipinski definition) is 2. The minimum atomic E-state index is -0.126. The molecule has 1 rings (SSSR count). The number of nitrogens with zero attached hydrogens (tertiary/aromatic N) is 1. The number of pyridine rings is 1. The molecule has 0 aliphatic carbocycles. The van der Waals surface area contributed by atoms with E-state index in [-0.39, 0.29) is 11.4 Å². The molecule has 0 aliphatic rings. The van der Waals surface area contributed by atoms with Gasteiger partial charge in [0, 0.05) is 6.20 Å². The van der Waals surface area contributed by atoms with Crippen molar-refractivity contribution < 1.29 is 0 Å². The maximum Gasteiger partial charge on any atom is 0.198 e. The fourth-order valence-electron chi connectivity index (χ4n) is 0.806. The summed E-state index contributed by atoms with van der Waals surface area (Å²) in [6.07, 6.45) is 1.66. The molecule has 1 heterocycles. The van der Waals surface area contributed by atoms with E-state index < -0.39 is 0 Å². The van der Waals surface area contributed by atoms with Crippen LogP contribution in [0.1, 0.15) is 19.4 Å². The molecule has 0 saturated heterocycles. The van der Waals surface area contributed by atoms with Gasteiger partial charge in [0.15, 0.2) is 5.96 Å². The molecule has 0 fully saturated rings. The topological polar surface area (TPSA) is 78.7 Å². The van der Waals surface area contributed by atoms with Crippen LogP contribution in [0.15, 0.2) is 18.3 Å². The molecule has 72 valence electrons. The smallest absolute Gasteiger partial charge is 0.198 e. The van der Waals surface area contributed by atoms with Gasteiger partial charge in [-0.3, -0.25) is 15.4 Å². The van der Waals surface area contributed by atoms with Crippen LogP contribution < -0.4 is 11.2 Å². The quantitative estimate of drug-likeness (QED) is 0.405. The van der Waals surface area contributed by atoms with Crippen LogP contribution in [0.4, 0.5) is 0 Å². The zero-order valence-electron chi connectivity index (χ0n) is 8.26. The van der Waals surface area contributed by atoms with Crippen LogP contribution in [0.5, 0.6) is 0 Å². The highest BCUT2D eigenvalue weighted by molar-refractivity contribution is 5.76. The molecule has 4 heteroatoms. The molecule has 1 aromatic rings. The van der Waals surface area contributed by atoms with Crippen molar-refractivity contribution in [3.05, 3.63) is 29.4 Å². The van der Waals surface area contributed by atoms with Gasteiger partial charge in [-0.2, -0.15) is 0 Å². The number of nitrogens with one attached hydrogen (secondary N) is 2. The van der Waals surface area contributed by atoms with Crippen molar-refractivity contribution in [3.8, 4) is 0 Å². The van der Waals surface area contributed by atoms with Gasteiger partial charge in [0.2, 0.25) is 0 Å². The Bertz CT molecular complexity index is 338. The summed E-state index contributed by atoms with van der Waals surface area (Å²) in [7, 11) is 0.